The molecule has 1 unspecified atom stereocenters. The van der Waals surface area contributed by atoms with E-state index in [-0.39, 0.29) is 11.9 Å². The monoisotopic (exact) mass is 330 g/mol. The van der Waals surface area contributed by atoms with Gasteiger partial charge in [0.25, 0.3) is 5.91 Å². The molecule has 0 spiro atoms. The van der Waals surface area contributed by atoms with Gasteiger partial charge < -0.3 is 5.32 Å². The zero-order chi connectivity index (χ0) is 16.1. The minimum absolute atomic E-state index is 0.130. The number of H-pyrrole nitrogens is 1. The van der Waals surface area contributed by atoms with Crippen molar-refractivity contribution in [1.29, 1.82) is 0 Å². The molecule has 1 aromatic carbocycles. The number of aromatic amines is 1. The third-order valence-electron chi connectivity index (χ3n) is 4.14. The lowest BCUT2D eigenvalue weighted by atomic mass is 9.94. The first-order valence-electron chi connectivity index (χ1n) is 7.61. The van der Waals surface area contributed by atoms with E-state index in [4.69, 9.17) is 11.6 Å². The fourth-order valence-electron chi connectivity index (χ4n) is 2.92. The molecule has 0 fully saturated rings. The molecule has 2 N–H and O–H groups in total. The van der Waals surface area contributed by atoms with Crippen molar-refractivity contribution in [2.75, 3.05) is 13.1 Å². The molecule has 1 atom stereocenters. The summed E-state index contributed by atoms with van der Waals surface area (Å²) in [6.07, 6.45) is 4.41. The maximum atomic E-state index is 12.1. The van der Waals surface area contributed by atoms with E-state index in [0.717, 1.165) is 19.5 Å². The standard InChI is InChI=1S/C17H19ClN4O/c18-7-3-9-22-12-14-5-2-1-4-13(14)10-15(22)11-19-17(23)16-6-8-20-21-16/h1-8,15H,9-12H2,(H,19,23)(H,20,21)/b7-3+. The molecule has 5 nitrogen and oxygen atoms in total. The number of nitrogens with one attached hydrogen (secondary N) is 2. The Bertz CT molecular complexity index is 684. The van der Waals surface area contributed by atoms with E-state index in [1.54, 1.807) is 17.8 Å². The van der Waals surface area contributed by atoms with Crippen molar-refractivity contribution in [2.24, 2.45) is 0 Å². The molecule has 0 saturated carbocycles. The van der Waals surface area contributed by atoms with Gasteiger partial charge in [-0.25, -0.2) is 0 Å². The summed E-state index contributed by atoms with van der Waals surface area (Å²) in [6, 6.07) is 10.4. The number of fused-ring (bicyclic) bond motifs is 1. The van der Waals surface area contributed by atoms with Crippen LogP contribution in [0.1, 0.15) is 21.6 Å². The summed E-state index contributed by atoms with van der Waals surface area (Å²) in [6.45, 7) is 2.22. The SMILES string of the molecule is O=C(NCC1Cc2ccccc2CN1C/C=C/Cl)c1ccn[nH]1. The van der Waals surface area contributed by atoms with E-state index in [9.17, 15) is 4.79 Å². The van der Waals surface area contributed by atoms with Crippen LogP contribution >= 0.6 is 11.6 Å². The van der Waals surface area contributed by atoms with Crippen LogP contribution in [0, 0.1) is 0 Å². The van der Waals surface area contributed by atoms with E-state index in [0.29, 0.717) is 12.2 Å². The van der Waals surface area contributed by atoms with E-state index in [1.165, 1.54) is 11.1 Å². The molecular weight excluding hydrogens is 312 g/mol. The maximum Gasteiger partial charge on any atom is 0.269 e. The maximum absolute atomic E-state index is 12.1. The van der Waals surface area contributed by atoms with Gasteiger partial charge in [0.2, 0.25) is 0 Å². The Morgan fingerprint density at radius 2 is 2.22 bits per heavy atom. The van der Waals surface area contributed by atoms with Gasteiger partial charge in [-0.05, 0) is 23.6 Å². The first-order chi connectivity index (χ1) is 11.3. The van der Waals surface area contributed by atoms with Crippen molar-refractivity contribution in [2.45, 2.75) is 19.0 Å². The number of carbonyl (C=O) groups excluding carboxylic acids is 1. The predicted octanol–water partition coefficient (Wildman–Crippen LogP) is 2.32. The van der Waals surface area contributed by atoms with Crippen molar-refractivity contribution in [1.82, 2.24) is 20.4 Å². The normalized spacial score (nSPS) is 18.0. The summed E-state index contributed by atoms with van der Waals surface area (Å²) in [5, 5.41) is 9.47. The second kappa shape index (κ2) is 7.44. The zero-order valence-corrected chi connectivity index (χ0v) is 13.5. The van der Waals surface area contributed by atoms with Crippen molar-refractivity contribution in [3.05, 3.63) is 65.0 Å². The number of carbonyl (C=O) groups is 1. The number of rotatable bonds is 5. The van der Waals surface area contributed by atoms with Gasteiger partial charge in [-0.2, -0.15) is 5.10 Å². The van der Waals surface area contributed by atoms with Gasteiger partial charge >= 0.3 is 0 Å². The highest BCUT2D eigenvalue weighted by molar-refractivity contribution is 6.25. The Morgan fingerprint density at radius 1 is 1.39 bits per heavy atom. The van der Waals surface area contributed by atoms with E-state index in [1.807, 2.05) is 6.08 Å². The zero-order valence-electron chi connectivity index (χ0n) is 12.7. The number of hydrogen-bond acceptors (Lipinski definition) is 3. The molecule has 1 aliphatic rings. The van der Waals surface area contributed by atoms with Crippen LogP contribution < -0.4 is 5.32 Å². The molecule has 1 aromatic heterocycles. The topological polar surface area (TPSA) is 61.0 Å². The lowest BCUT2D eigenvalue weighted by Gasteiger charge is -2.36. The van der Waals surface area contributed by atoms with Crippen LogP contribution in [0.25, 0.3) is 0 Å². The molecular formula is C17H19ClN4O. The minimum atomic E-state index is -0.130. The van der Waals surface area contributed by atoms with E-state index >= 15 is 0 Å². The van der Waals surface area contributed by atoms with Gasteiger partial charge in [-0.1, -0.05) is 41.9 Å². The number of hydrogen-bond donors (Lipinski definition) is 2. The summed E-state index contributed by atoms with van der Waals surface area (Å²) in [4.78, 5) is 14.4. The Labute approximate surface area is 140 Å². The Hall–Kier alpha value is -2.11. The lowest BCUT2D eigenvalue weighted by molar-refractivity contribution is 0.0925. The van der Waals surface area contributed by atoms with Crippen LogP contribution in [-0.4, -0.2) is 40.1 Å². The molecule has 0 bridgehead atoms. The van der Waals surface area contributed by atoms with Gasteiger partial charge in [0.05, 0.1) is 0 Å². The number of aromatic nitrogens is 2. The number of nitrogens with zero attached hydrogens (tertiary/aromatic N) is 2. The Morgan fingerprint density at radius 3 is 2.96 bits per heavy atom. The van der Waals surface area contributed by atoms with Crippen LogP contribution in [0.15, 0.2) is 48.1 Å². The van der Waals surface area contributed by atoms with Gasteiger partial charge in [0, 0.05) is 37.4 Å². The minimum Gasteiger partial charge on any atom is -0.349 e. The van der Waals surface area contributed by atoms with Gasteiger partial charge in [0.1, 0.15) is 5.69 Å². The van der Waals surface area contributed by atoms with Crippen LogP contribution in [0.2, 0.25) is 0 Å². The summed E-state index contributed by atoms with van der Waals surface area (Å²) in [5.41, 5.74) is 4.71. The van der Waals surface area contributed by atoms with Gasteiger partial charge in [-0.15, -0.1) is 0 Å². The Kier molecular flexibility index (Phi) is 5.10. The quantitative estimate of drug-likeness (QED) is 0.884. The second-order valence-electron chi connectivity index (χ2n) is 5.60. The molecule has 3 rings (SSSR count). The largest absolute Gasteiger partial charge is 0.349 e. The average Bonchev–Trinajstić information content (AvgIpc) is 3.12. The molecule has 0 aliphatic carbocycles. The molecule has 2 heterocycles. The average molecular weight is 331 g/mol. The molecule has 0 saturated heterocycles. The second-order valence-corrected chi connectivity index (χ2v) is 5.85. The number of amides is 1. The van der Waals surface area contributed by atoms with Crippen molar-refractivity contribution >= 4 is 17.5 Å². The highest BCUT2D eigenvalue weighted by Crippen LogP contribution is 2.23. The summed E-state index contributed by atoms with van der Waals surface area (Å²) in [7, 11) is 0. The Balaban J connectivity index is 1.69. The van der Waals surface area contributed by atoms with E-state index in [2.05, 4.69) is 44.7 Å². The highest BCUT2D eigenvalue weighted by atomic mass is 35.5. The van der Waals surface area contributed by atoms with Crippen LogP contribution in [-0.2, 0) is 13.0 Å². The number of halogens is 1. The van der Waals surface area contributed by atoms with E-state index < -0.39 is 0 Å². The first-order valence-corrected chi connectivity index (χ1v) is 8.05. The first kappa shape index (κ1) is 15.8. The molecule has 2 aromatic rings. The summed E-state index contributed by atoms with van der Waals surface area (Å²) in [5.74, 6) is -0.130. The summed E-state index contributed by atoms with van der Waals surface area (Å²) < 4.78 is 0. The van der Waals surface area contributed by atoms with Crippen molar-refractivity contribution in [3.8, 4) is 0 Å². The highest BCUT2D eigenvalue weighted by Gasteiger charge is 2.25. The molecule has 0 radical (unpaired) electrons. The third-order valence-corrected chi connectivity index (χ3v) is 4.31. The number of benzene rings is 1. The van der Waals surface area contributed by atoms with Crippen LogP contribution in [0.4, 0.5) is 0 Å². The third kappa shape index (κ3) is 3.81. The fraction of sp³-hybridized carbons (Fsp3) is 0.294. The molecule has 6 heteroatoms. The van der Waals surface area contributed by atoms with Crippen molar-refractivity contribution in [3.63, 3.8) is 0 Å². The molecule has 1 aliphatic heterocycles. The van der Waals surface area contributed by atoms with Crippen molar-refractivity contribution < 1.29 is 4.79 Å². The fourth-order valence-corrected chi connectivity index (χ4v) is 3.00. The lowest BCUT2D eigenvalue weighted by Crippen LogP contribution is -2.47. The summed E-state index contributed by atoms with van der Waals surface area (Å²) >= 11 is 5.68. The molecule has 120 valence electrons. The molecule has 23 heavy (non-hydrogen) atoms. The molecule has 1 amide bonds. The van der Waals surface area contributed by atoms with Crippen LogP contribution in [0.3, 0.4) is 0 Å². The van der Waals surface area contributed by atoms with Gasteiger partial charge in [-0.3, -0.25) is 14.8 Å². The van der Waals surface area contributed by atoms with Gasteiger partial charge in [0.15, 0.2) is 0 Å². The van der Waals surface area contributed by atoms with Crippen LogP contribution in [0.5, 0.6) is 0 Å². The smallest absolute Gasteiger partial charge is 0.269 e. The predicted molar refractivity (Wildman–Crippen MR) is 90.3 cm³/mol.